The van der Waals surface area contributed by atoms with Gasteiger partial charge in [0.2, 0.25) is 5.91 Å². The van der Waals surface area contributed by atoms with Crippen molar-refractivity contribution in [2.24, 2.45) is 0 Å². The molecule has 0 radical (unpaired) electrons. The standard InChI is InChI=1S/C16H12F2N2OS2/c1-10-6-11(23-9-19)3-5-15(10)20-16(21)8-22-12-2-4-13(17)14(18)7-12/h2-7H,8H2,1H3,(H,20,21). The highest BCUT2D eigenvalue weighted by atomic mass is 32.2. The number of hydrogen-bond donors (Lipinski definition) is 1. The number of rotatable bonds is 5. The molecule has 0 aliphatic rings. The summed E-state index contributed by atoms with van der Waals surface area (Å²) in [6.07, 6.45) is 0. The number of halogens is 2. The van der Waals surface area contributed by atoms with E-state index in [2.05, 4.69) is 5.32 Å². The van der Waals surface area contributed by atoms with Crippen LogP contribution in [0, 0.1) is 29.2 Å². The maximum absolute atomic E-state index is 13.1. The molecule has 2 aromatic rings. The summed E-state index contributed by atoms with van der Waals surface area (Å²) in [5.41, 5.74) is 1.50. The molecule has 0 heterocycles. The highest BCUT2D eigenvalue weighted by molar-refractivity contribution is 8.03. The van der Waals surface area contributed by atoms with Gasteiger partial charge in [-0.2, -0.15) is 5.26 Å². The molecule has 0 unspecified atom stereocenters. The van der Waals surface area contributed by atoms with Gasteiger partial charge in [-0.3, -0.25) is 4.79 Å². The molecule has 0 aromatic heterocycles. The van der Waals surface area contributed by atoms with Crippen LogP contribution in [0.3, 0.4) is 0 Å². The number of thiocyanates is 1. The van der Waals surface area contributed by atoms with Crippen LogP contribution in [0.2, 0.25) is 0 Å². The molecule has 23 heavy (non-hydrogen) atoms. The van der Waals surface area contributed by atoms with Crippen molar-refractivity contribution in [2.75, 3.05) is 11.1 Å². The first kappa shape index (κ1) is 17.3. The van der Waals surface area contributed by atoms with E-state index in [1.807, 2.05) is 18.4 Å². The van der Waals surface area contributed by atoms with Crippen molar-refractivity contribution in [3.05, 3.63) is 53.6 Å². The van der Waals surface area contributed by atoms with E-state index >= 15 is 0 Å². The van der Waals surface area contributed by atoms with Crippen LogP contribution in [0.4, 0.5) is 14.5 Å². The van der Waals surface area contributed by atoms with E-state index in [1.165, 1.54) is 6.07 Å². The first-order chi connectivity index (χ1) is 11.0. The lowest BCUT2D eigenvalue weighted by Gasteiger charge is -2.09. The van der Waals surface area contributed by atoms with Crippen molar-refractivity contribution in [3.8, 4) is 5.40 Å². The summed E-state index contributed by atoms with van der Waals surface area (Å²) in [5, 5.41) is 13.4. The summed E-state index contributed by atoms with van der Waals surface area (Å²) in [4.78, 5) is 13.2. The molecule has 0 spiro atoms. The van der Waals surface area contributed by atoms with Crippen molar-refractivity contribution in [3.63, 3.8) is 0 Å². The summed E-state index contributed by atoms with van der Waals surface area (Å²) < 4.78 is 25.9. The minimum absolute atomic E-state index is 0.0825. The molecule has 0 aliphatic carbocycles. The molecule has 7 heteroatoms. The molecule has 0 fully saturated rings. The zero-order chi connectivity index (χ0) is 16.8. The number of amides is 1. The van der Waals surface area contributed by atoms with Gasteiger partial charge in [0, 0.05) is 15.5 Å². The second-order valence-electron chi connectivity index (χ2n) is 4.58. The lowest BCUT2D eigenvalue weighted by molar-refractivity contribution is -0.113. The molecule has 2 aromatic carbocycles. The van der Waals surface area contributed by atoms with Gasteiger partial charge < -0.3 is 5.32 Å². The van der Waals surface area contributed by atoms with Gasteiger partial charge >= 0.3 is 0 Å². The fourth-order valence-corrected chi connectivity index (χ4v) is 2.99. The molecule has 1 N–H and O–H groups in total. The molecule has 3 nitrogen and oxygen atoms in total. The predicted molar refractivity (Wildman–Crippen MR) is 88.4 cm³/mol. The molecule has 0 atom stereocenters. The van der Waals surface area contributed by atoms with Crippen LogP contribution in [0.25, 0.3) is 0 Å². The summed E-state index contributed by atoms with van der Waals surface area (Å²) in [7, 11) is 0. The average molecular weight is 350 g/mol. The molecular weight excluding hydrogens is 338 g/mol. The molecule has 118 valence electrons. The normalized spacial score (nSPS) is 10.2. The molecule has 2 rings (SSSR count). The van der Waals surface area contributed by atoms with Gasteiger partial charge in [-0.25, -0.2) is 8.78 Å². The average Bonchev–Trinajstić information content (AvgIpc) is 2.51. The molecule has 0 saturated carbocycles. The third-order valence-corrected chi connectivity index (χ3v) is 4.47. The smallest absolute Gasteiger partial charge is 0.234 e. The van der Waals surface area contributed by atoms with Crippen LogP contribution in [0.1, 0.15) is 5.56 Å². The van der Waals surface area contributed by atoms with E-state index < -0.39 is 11.6 Å². The van der Waals surface area contributed by atoms with Crippen LogP contribution >= 0.6 is 23.5 Å². The number of nitrogens with zero attached hydrogens (tertiary/aromatic N) is 1. The van der Waals surface area contributed by atoms with Gasteiger partial charge in [-0.15, -0.1) is 11.8 Å². The number of aryl methyl sites for hydroxylation is 1. The summed E-state index contributed by atoms with van der Waals surface area (Å²) >= 11 is 2.17. The number of benzene rings is 2. The Morgan fingerprint density at radius 2 is 1.91 bits per heavy atom. The third-order valence-electron chi connectivity index (χ3n) is 2.90. The van der Waals surface area contributed by atoms with Crippen molar-refractivity contribution in [1.82, 2.24) is 0 Å². The van der Waals surface area contributed by atoms with Crippen molar-refractivity contribution < 1.29 is 13.6 Å². The number of hydrogen-bond acceptors (Lipinski definition) is 4. The molecular formula is C16H12F2N2OS2. The third kappa shape index (κ3) is 4.98. The predicted octanol–water partition coefficient (Wildman–Crippen LogP) is 4.58. The SMILES string of the molecule is Cc1cc(SC#N)ccc1NC(=O)CSc1ccc(F)c(F)c1. The summed E-state index contributed by atoms with van der Waals surface area (Å²) in [6, 6.07) is 8.81. The van der Waals surface area contributed by atoms with Gasteiger partial charge in [-0.1, -0.05) is 0 Å². The van der Waals surface area contributed by atoms with E-state index in [-0.39, 0.29) is 11.7 Å². The first-order valence-corrected chi connectivity index (χ1v) is 8.34. The number of carbonyl (C=O) groups excluding carboxylic acids is 1. The van der Waals surface area contributed by atoms with Gasteiger partial charge in [0.05, 0.1) is 5.75 Å². The Labute approximate surface area is 141 Å². The molecule has 1 amide bonds. The Morgan fingerprint density at radius 1 is 1.17 bits per heavy atom. The number of carbonyl (C=O) groups is 1. The van der Waals surface area contributed by atoms with Crippen LogP contribution in [0.15, 0.2) is 46.2 Å². The minimum atomic E-state index is -0.933. The van der Waals surface area contributed by atoms with Crippen molar-refractivity contribution in [1.29, 1.82) is 5.26 Å². The second-order valence-corrected chi connectivity index (χ2v) is 6.49. The van der Waals surface area contributed by atoms with Gasteiger partial charge in [0.15, 0.2) is 11.6 Å². The van der Waals surface area contributed by atoms with Crippen molar-refractivity contribution >= 4 is 35.1 Å². The van der Waals surface area contributed by atoms with Crippen molar-refractivity contribution in [2.45, 2.75) is 16.7 Å². The van der Waals surface area contributed by atoms with E-state index in [0.717, 1.165) is 46.1 Å². The Hall–Kier alpha value is -2.04. The van der Waals surface area contributed by atoms with E-state index in [0.29, 0.717) is 10.6 Å². The quantitative estimate of drug-likeness (QED) is 0.634. The Morgan fingerprint density at radius 3 is 2.57 bits per heavy atom. The monoisotopic (exact) mass is 350 g/mol. The second kappa shape index (κ2) is 7.99. The Balaban J connectivity index is 1.94. The zero-order valence-electron chi connectivity index (χ0n) is 12.1. The number of nitrogens with one attached hydrogen (secondary N) is 1. The van der Waals surface area contributed by atoms with E-state index in [1.54, 1.807) is 12.1 Å². The zero-order valence-corrected chi connectivity index (χ0v) is 13.7. The summed E-state index contributed by atoms with van der Waals surface area (Å²) in [6.45, 7) is 1.83. The highest BCUT2D eigenvalue weighted by Gasteiger charge is 2.08. The highest BCUT2D eigenvalue weighted by Crippen LogP contribution is 2.24. The van der Waals surface area contributed by atoms with E-state index in [4.69, 9.17) is 5.26 Å². The number of nitriles is 1. The van der Waals surface area contributed by atoms with Gasteiger partial charge in [0.1, 0.15) is 5.40 Å². The van der Waals surface area contributed by atoms with Crippen LogP contribution in [-0.2, 0) is 4.79 Å². The maximum Gasteiger partial charge on any atom is 0.234 e. The lowest BCUT2D eigenvalue weighted by Crippen LogP contribution is -2.14. The van der Waals surface area contributed by atoms with Crippen LogP contribution in [0.5, 0.6) is 0 Å². The van der Waals surface area contributed by atoms with Gasteiger partial charge in [-0.05, 0) is 60.6 Å². The number of anilines is 1. The van der Waals surface area contributed by atoms with E-state index in [9.17, 15) is 13.6 Å². The van der Waals surface area contributed by atoms with Gasteiger partial charge in [0.25, 0.3) is 0 Å². The van der Waals surface area contributed by atoms with Crippen LogP contribution in [-0.4, -0.2) is 11.7 Å². The van der Waals surface area contributed by atoms with Crippen LogP contribution < -0.4 is 5.32 Å². The first-order valence-electron chi connectivity index (χ1n) is 6.54. The Bertz CT molecular complexity index is 775. The summed E-state index contributed by atoms with van der Waals surface area (Å²) in [5.74, 6) is -2.01. The maximum atomic E-state index is 13.1. The molecule has 0 aliphatic heterocycles. The lowest BCUT2D eigenvalue weighted by atomic mass is 10.2. The fraction of sp³-hybridized carbons (Fsp3) is 0.125. The minimum Gasteiger partial charge on any atom is -0.325 e. The largest absolute Gasteiger partial charge is 0.325 e. The topological polar surface area (TPSA) is 52.9 Å². The molecule has 0 bridgehead atoms. The molecule has 0 saturated heterocycles. The number of thioether (sulfide) groups is 2. The Kier molecular flexibility index (Phi) is 6.02. The fourth-order valence-electron chi connectivity index (χ4n) is 1.79.